The first-order valence-electron chi connectivity index (χ1n) is 13.8. The number of anilines is 1. The molecule has 3 aliphatic heterocycles. The zero-order valence-corrected chi connectivity index (χ0v) is 22.5. The molecule has 6 rings (SSSR count). The van der Waals surface area contributed by atoms with E-state index in [2.05, 4.69) is 15.2 Å². The molecule has 39 heavy (non-hydrogen) atoms. The van der Waals surface area contributed by atoms with Crippen LogP contribution in [0.2, 0.25) is 0 Å². The number of hydrogen-bond acceptors (Lipinski definition) is 5. The molecule has 0 unspecified atom stereocenters. The molecular weight excluding hydrogens is 493 g/mol. The summed E-state index contributed by atoms with van der Waals surface area (Å²) in [5.41, 5.74) is 7.28. The Balaban J connectivity index is 1.19. The second-order valence-corrected chi connectivity index (χ2v) is 11.1. The predicted molar refractivity (Wildman–Crippen MR) is 152 cm³/mol. The van der Waals surface area contributed by atoms with Crippen LogP contribution >= 0.6 is 0 Å². The van der Waals surface area contributed by atoms with E-state index in [1.807, 2.05) is 43.0 Å². The van der Waals surface area contributed by atoms with Crippen LogP contribution in [0.3, 0.4) is 0 Å². The fraction of sp³-hybridized carbons (Fsp3) is 0.387. The van der Waals surface area contributed by atoms with Crippen molar-refractivity contribution in [3.8, 4) is 0 Å². The summed E-state index contributed by atoms with van der Waals surface area (Å²) in [5, 5.41) is 3.48. The molecule has 1 fully saturated rings. The summed E-state index contributed by atoms with van der Waals surface area (Å²) in [6.45, 7) is 8.49. The van der Waals surface area contributed by atoms with Gasteiger partial charge in [0.05, 0.1) is 22.6 Å². The van der Waals surface area contributed by atoms with Gasteiger partial charge >= 0.3 is 0 Å². The van der Waals surface area contributed by atoms with Gasteiger partial charge in [0.1, 0.15) is 5.82 Å². The Morgan fingerprint density at radius 3 is 2.69 bits per heavy atom. The smallest absolute Gasteiger partial charge is 0.259 e. The number of carbonyl (C=O) groups is 1. The Morgan fingerprint density at radius 2 is 1.90 bits per heavy atom. The lowest BCUT2D eigenvalue weighted by Crippen LogP contribution is -2.33. The molecule has 202 valence electrons. The van der Waals surface area contributed by atoms with E-state index in [-0.39, 0.29) is 23.3 Å². The molecule has 0 spiro atoms. The fourth-order valence-corrected chi connectivity index (χ4v) is 6.08. The van der Waals surface area contributed by atoms with Crippen LogP contribution in [-0.4, -0.2) is 58.6 Å². The molecule has 1 aromatic heterocycles. The van der Waals surface area contributed by atoms with Crippen LogP contribution in [0.15, 0.2) is 52.4 Å². The van der Waals surface area contributed by atoms with Gasteiger partial charge in [0, 0.05) is 43.9 Å². The number of carbonyl (C=O) groups excluding carboxylic acids is 1. The van der Waals surface area contributed by atoms with Crippen molar-refractivity contribution in [2.75, 3.05) is 31.5 Å². The second kappa shape index (κ2) is 10.4. The lowest BCUT2D eigenvalue weighted by molar-refractivity contribution is 0.0763. The summed E-state index contributed by atoms with van der Waals surface area (Å²) in [7, 11) is 0. The lowest BCUT2D eigenvalue weighted by atomic mass is 9.99. The topological polar surface area (TPSA) is 80.8 Å². The molecule has 0 radical (unpaired) electrons. The van der Waals surface area contributed by atoms with Crippen LogP contribution in [0, 0.1) is 12.7 Å². The highest BCUT2D eigenvalue weighted by atomic mass is 19.1. The summed E-state index contributed by atoms with van der Waals surface area (Å²) in [6, 6.07) is 10.7. The van der Waals surface area contributed by atoms with E-state index < -0.39 is 0 Å². The molecule has 1 amide bonds. The number of aryl methyl sites for hydroxylation is 1. The van der Waals surface area contributed by atoms with Crippen LogP contribution in [0.5, 0.6) is 0 Å². The summed E-state index contributed by atoms with van der Waals surface area (Å²) >= 11 is 0. The Morgan fingerprint density at radius 1 is 1.08 bits per heavy atom. The van der Waals surface area contributed by atoms with Gasteiger partial charge in [-0.1, -0.05) is 6.07 Å². The molecule has 2 N–H and O–H groups in total. The van der Waals surface area contributed by atoms with Crippen molar-refractivity contribution in [2.24, 2.45) is 4.99 Å². The van der Waals surface area contributed by atoms with Gasteiger partial charge in [-0.25, -0.2) is 4.39 Å². The molecule has 8 heteroatoms. The van der Waals surface area contributed by atoms with Crippen molar-refractivity contribution >= 4 is 23.0 Å². The van der Waals surface area contributed by atoms with E-state index in [4.69, 9.17) is 4.99 Å². The Kier molecular flexibility index (Phi) is 6.81. The number of pyridine rings is 1. The summed E-state index contributed by atoms with van der Waals surface area (Å²) in [4.78, 5) is 38.2. The molecule has 0 aliphatic carbocycles. The standard InChI is InChI=1S/C31H34FN5O2/c1-19-13-24(32)6-5-21(19)14-20(2)34-26-7-8-33-30(38)29(26)28-16-22-15-25-23(17-27(22)35-28)18-37(31(25)39)12-11-36-9-3-4-10-36/h5-8,13,15,17,20H,3-4,9-12,14,16,18H2,1-2H3,(H2,33,34,38)/t20-/m0/s1. The highest BCUT2D eigenvalue weighted by Gasteiger charge is 2.31. The third-order valence-corrected chi connectivity index (χ3v) is 8.16. The normalized spacial score (nSPS) is 17.4. The molecule has 4 heterocycles. The maximum atomic E-state index is 13.5. The number of aromatic nitrogens is 1. The highest BCUT2D eigenvalue weighted by molar-refractivity contribution is 6.10. The number of benzene rings is 2. The molecular formula is C31H34FN5O2. The molecule has 3 aliphatic rings. The first kappa shape index (κ1) is 25.5. The van der Waals surface area contributed by atoms with Gasteiger partial charge in [-0.2, -0.15) is 0 Å². The van der Waals surface area contributed by atoms with Gasteiger partial charge in [-0.3, -0.25) is 14.6 Å². The van der Waals surface area contributed by atoms with E-state index in [9.17, 15) is 14.0 Å². The van der Waals surface area contributed by atoms with Crippen molar-refractivity contribution in [1.29, 1.82) is 0 Å². The van der Waals surface area contributed by atoms with Gasteiger partial charge in [0.15, 0.2) is 0 Å². The second-order valence-electron chi connectivity index (χ2n) is 11.1. The van der Waals surface area contributed by atoms with Gasteiger partial charge < -0.3 is 20.1 Å². The van der Waals surface area contributed by atoms with Gasteiger partial charge in [-0.05, 0) is 98.8 Å². The zero-order valence-electron chi connectivity index (χ0n) is 22.5. The third kappa shape index (κ3) is 5.13. The molecule has 1 saturated heterocycles. The molecule has 1 atom stereocenters. The van der Waals surface area contributed by atoms with E-state index in [1.165, 1.54) is 18.9 Å². The summed E-state index contributed by atoms with van der Waals surface area (Å²) in [5.74, 6) is -0.153. The zero-order chi connectivity index (χ0) is 27.1. The molecule has 0 bridgehead atoms. The van der Waals surface area contributed by atoms with E-state index >= 15 is 0 Å². The summed E-state index contributed by atoms with van der Waals surface area (Å²) < 4.78 is 13.5. The lowest BCUT2D eigenvalue weighted by Gasteiger charge is -2.20. The predicted octanol–water partition coefficient (Wildman–Crippen LogP) is 4.59. The minimum absolute atomic E-state index is 0.00653. The number of aromatic amines is 1. The van der Waals surface area contributed by atoms with Gasteiger partial charge in [0.2, 0.25) is 0 Å². The number of nitrogens with one attached hydrogen (secondary N) is 2. The van der Waals surface area contributed by atoms with Crippen molar-refractivity contribution in [3.63, 3.8) is 0 Å². The molecule has 3 aromatic rings. The number of rotatable bonds is 8. The number of aliphatic imine (C=N–C) groups is 1. The Hall–Kier alpha value is -3.78. The molecule has 7 nitrogen and oxygen atoms in total. The highest BCUT2D eigenvalue weighted by Crippen LogP contribution is 2.36. The number of nitrogens with zero attached hydrogens (tertiary/aromatic N) is 3. The molecule has 2 aromatic carbocycles. The SMILES string of the molecule is Cc1cc(F)ccc1C[C@H](C)Nc1cc[nH]c(=O)c1C1=Nc2cc3c(cc2C1)C(=O)N(CCN1CCCC1)C3. The average molecular weight is 528 g/mol. The maximum absolute atomic E-state index is 13.5. The maximum Gasteiger partial charge on any atom is 0.259 e. The van der Waals surface area contributed by atoms with Gasteiger partial charge in [0.25, 0.3) is 11.5 Å². The number of likely N-dealkylation sites (tertiary alicyclic amines) is 1. The molecule has 0 saturated carbocycles. The first-order chi connectivity index (χ1) is 18.9. The number of hydrogen-bond donors (Lipinski definition) is 2. The third-order valence-electron chi connectivity index (χ3n) is 8.16. The number of amides is 1. The number of fused-ring (bicyclic) bond motifs is 2. The van der Waals surface area contributed by atoms with Crippen LogP contribution in [0.25, 0.3) is 0 Å². The van der Waals surface area contributed by atoms with Crippen LogP contribution in [0.4, 0.5) is 15.8 Å². The Bertz CT molecular complexity index is 1520. The van der Waals surface area contributed by atoms with Crippen molar-refractivity contribution in [1.82, 2.24) is 14.8 Å². The first-order valence-corrected chi connectivity index (χ1v) is 13.8. The van der Waals surface area contributed by atoms with Crippen molar-refractivity contribution in [3.05, 3.63) is 92.1 Å². The van der Waals surface area contributed by atoms with Crippen LogP contribution < -0.4 is 10.9 Å². The minimum Gasteiger partial charge on any atom is -0.382 e. The Labute approximate surface area is 227 Å². The quantitative estimate of drug-likeness (QED) is 0.449. The fourth-order valence-electron chi connectivity index (χ4n) is 6.08. The monoisotopic (exact) mass is 527 g/mol. The van der Waals surface area contributed by atoms with Gasteiger partial charge in [-0.15, -0.1) is 0 Å². The van der Waals surface area contributed by atoms with Crippen LogP contribution in [-0.2, 0) is 19.4 Å². The average Bonchev–Trinajstić information content (AvgIpc) is 3.63. The van der Waals surface area contributed by atoms with Crippen LogP contribution in [0.1, 0.15) is 57.9 Å². The van der Waals surface area contributed by atoms with E-state index in [0.717, 1.165) is 59.7 Å². The summed E-state index contributed by atoms with van der Waals surface area (Å²) in [6.07, 6.45) is 5.31. The number of halogens is 1. The minimum atomic E-state index is -0.241. The van der Waals surface area contributed by atoms with E-state index in [0.29, 0.717) is 36.3 Å². The van der Waals surface area contributed by atoms with E-state index in [1.54, 1.807) is 12.3 Å². The number of H-pyrrole nitrogens is 1. The largest absolute Gasteiger partial charge is 0.382 e. The van der Waals surface area contributed by atoms with Crippen molar-refractivity contribution < 1.29 is 9.18 Å². The van der Waals surface area contributed by atoms with Crippen molar-refractivity contribution in [2.45, 2.75) is 52.1 Å².